The van der Waals surface area contributed by atoms with Crippen LogP contribution in [0.1, 0.15) is 30.9 Å². The van der Waals surface area contributed by atoms with E-state index in [4.69, 9.17) is 0 Å². The van der Waals surface area contributed by atoms with Crippen molar-refractivity contribution >= 4 is 37.5 Å². The Bertz CT molecular complexity index is 1130. The molecule has 0 radical (unpaired) electrons. The van der Waals surface area contributed by atoms with Gasteiger partial charge in [-0.2, -0.15) is 4.31 Å². The topological polar surface area (TPSA) is 66.5 Å². The average Bonchev–Trinajstić information content (AvgIpc) is 2.82. The van der Waals surface area contributed by atoms with Crippen molar-refractivity contribution in [3.05, 3.63) is 94.5 Å². The Morgan fingerprint density at radius 3 is 2.15 bits per heavy atom. The predicted octanol–water partition coefficient (Wildman–Crippen LogP) is 5.66. The molecule has 1 N–H and O–H groups in total. The Balaban J connectivity index is 1.73. The SMILES string of the molecule is CCCCc1ccc(NC(=O)CN(CCc2ccccc2)S(=O)(=O)c2ccc(Br)cc2)cc1. The van der Waals surface area contributed by atoms with Crippen LogP contribution in [0.4, 0.5) is 5.69 Å². The molecule has 0 aromatic heterocycles. The molecular weight excluding hydrogens is 500 g/mol. The number of hydrogen-bond donors (Lipinski definition) is 1. The van der Waals surface area contributed by atoms with Crippen LogP contribution >= 0.6 is 15.9 Å². The second-order valence-electron chi connectivity index (χ2n) is 7.88. The van der Waals surface area contributed by atoms with Crippen molar-refractivity contribution in [3.8, 4) is 0 Å². The van der Waals surface area contributed by atoms with E-state index in [1.807, 2.05) is 54.6 Å². The lowest BCUT2D eigenvalue weighted by Crippen LogP contribution is -2.39. The Hall–Kier alpha value is -2.48. The number of sulfonamides is 1. The summed E-state index contributed by atoms with van der Waals surface area (Å²) in [5.41, 5.74) is 2.89. The molecule has 0 aliphatic rings. The van der Waals surface area contributed by atoms with E-state index in [1.165, 1.54) is 9.87 Å². The van der Waals surface area contributed by atoms with Gasteiger partial charge in [-0.15, -0.1) is 0 Å². The van der Waals surface area contributed by atoms with E-state index in [0.29, 0.717) is 12.1 Å². The minimum Gasteiger partial charge on any atom is -0.325 e. The van der Waals surface area contributed by atoms with Crippen molar-refractivity contribution in [2.24, 2.45) is 0 Å². The van der Waals surface area contributed by atoms with Gasteiger partial charge >= 0.3 is 0 Å². The molecule has 1 amide bonds. The van der Waals surface area contributed by atoms with E-state index >= 15 is 0 Å². The lowest BCUT2D eigenvalue weighted by atomic mass is 10.1. The van der Waals surface area contributed by atoms with E-state index in [9.17, 15) is 13.2 Å². The minimum absolute atomic E-state index is 0.159. The van der Waals surface area contributed by atoms with Gasteiger partial charge < -0.3 is 5.32 Å². The predicted molar refractivity (Wildman–Crippen MR) is 137 cm³/mol. The van der Waals surface area contributed by atoms with E-state index in [-0.39, 0.29) is 23.9 Å². The Morgan fingerprint density at radius 2 is 1.52 bits per heavy atom. The summed E-state index contributed by atoms with van der Waals surface area (Å²) in [4.78, 5) is 13.0. The summed E-state index contributed by atoms with van der Waals surface area (Å²) in [6, 6.07) is 23.8. The van der Waals surface area contributed by atoms with Gasteiger partial charge in [0.1, 0.15) is 0 Å². The van der Waals surface area contributed by atoms with Crippen LogP contribution in [-0.4, -0.2) is 31.7 Å². The molecule has 7 heteroatoms. The van der Waals surface area contributed by atoms with E-state index in [0.717, 1.165) is 29.3 Å². The largest absolute Gasteiger partial charge is 0.325 e. The van der Waals surface area contributed by atoms with E-state index < -0.39 is 10.0 Å². The first kappa shape index (κ1) is 25.1. The number of nitrogens with one attached hydrogen (secondary N) is 1. The molecule has 33 heavy (non-hydrogen) atoms. The highest BCUT2D eigenvalue weighted by Gasteiger charge is 2.26. The van der Waals surface area contributed by atoms with Crippen LogP contribution < -0.4 is 5.32 Å². The van der Waals surface area contributed by atoms with Crippen LogP contribution in [0.25, 0.3) is 0 Å². The fourth-order valence-corrected chi connectivity index (χ4v) is 5.10. The highest BCUT2D eigenvalue weighted by Crippen LogP contribution is 2.20. The van der Waals surface area contributed by atoms with Gasteiger partial charge in [0.05, 0.1) is 11.4 Å². The lowest BCUT2D eigenvalue weighted by Gasteiger charge is -2.22. The molecule has 0 heterocycles. The first-order chi connectivity index (χ1) is 15.9. The number of carbonyl (C=O) groups is 1. The van der Waals surface area contributed by atoms with E-state index in [1.54, 1.807) is 24.3 Å². The summed E-state index contributed by atoms with van der Waals surface area (Å²) in [6.45, 7) is 2.09. The average molecular weight is 530 g/mol. The van der Waals surface area contributed by atoms with Crippen molar-refractivity contribution < 1.29 is 13.2 Å². The molecule has 0 spiro atoms. The zero-order chi connectivity index (χ0) is 23.7. The van der Waals surface area contributed by atoms with Crippen LogP contribution in [0.5, 0.6) is 0 Å². The fourth-order valence-electron chi connectivity index (χ4n) is 3.43. The second kappa shape index (κ2) is 12.1. The first-order valence-electron chi connectivity index (χ1n) is 11.1. The third-order valence-corrected chi connectivity index (χ3v) is 7.71. The number of hydrogen-bond acceptors (Lipinski definition) is 3. The number of nitrogens with zero attached hydrogens (tertiary/aromatic N) is 1. The molecule has 0 saturated carbocycles. The molecule has 5 nitrogen and oxygen atoms in total. The number of benzene rings is 3. The smallest absolute Gasteiger partial charge is 0.243 e. The number of unbranched alkanes of at least 4 members (excludes halogenated alkanes) is 1. The standard InChI is InChI=1S/C26H29BrN2O3S/c1-2-3-7-22-10-14-24(15-11-22)28-26(30)20-29(19-18-21-8-5-4-6-9-21)33(31,32)25-16-12-23(27)13-17-25/h4-6,8-17H,2-3,7,18-20H2,1H3,(H,28,30). The van der Waals surface area contributed by atoms with Crippen molar-refractivity contribution in [3.63, 3.8) is 0 Å². The summed E-state index contributed by atoms with van der Waals surface area (Å²) < 4.78 is 28.7. The maximum absolute atomic E-state index is 13.3. The van der Waals surface area contributed by atoms with Crippen molar-refractivity contribution in [2.45, 2.75) is 37.5 Å². The maximum atomic E-state index is 13.3. The van der Waals surface area contributed by atoms with Gasteiger partial charge in [0.15, 0.2) is 0 Å². The highest BCUT2D eigenvalue weighted by atomic mass is 79.9. The molecule has 0 aliphatic heterocycles. The van der Waals surface area contributed by atoms with Crippen LogP contribution in [0.15, 0.2) is 88.2 Å². The molecule has 0 saturated heterocycles. The zero-order valence-electron chi connectivity index (χ0n) is 18.7. The summed E-state index contributed by atoms with van der Waals surface area (Å²) >= 11 is 3.33. The molecule has 3 aromatic rings. The minimum atomic E-state index is -3.84. The molecule has 0 fully saturated rings. The second-order valence-corrected chi connectivity index (χ2v) is 10.7. The molecule has 0 aliphatic carbocycles. The number of amides is 1. The Labute approximate surface area is 205 Å². The van der Waals surface area contributed by atoms with Gasteiger partial charge in [0.2, 0.25) is 15.9 Å². The molecular formula is C26H29BrN2O3S. The highest BCUT2D eigenvalue weighted by molar-refractivity contribution is 9.10. The molecule has 174 valence electrons. The summed E-state index contributed by atoms with van der Waals surface area (Å²) in [5, 5.41) is 2.83. The Kier molecular flexibility index (Phi) is 9.23. The van der Waals surface area contributed by atoms with Crippen molar-refractivity contribution in [1.29, 1.82) is 0 Å². The van der Waals surface area contributed by atoms with Crippen molar-refractivity contribution in [1.82, 2.24) is 4.31 Å². The number of carbonyl (C=O) groups excluding carboxylic acids is 1. The van der Waals surface area contributed by atoms with Gasteiger partial charge in [0.25, 0.3) is 0 Å². The van der Waals surface area contributed by atoms with Crippen LogP contribution in [0.2, 0.25) is 0 Å². The third-order valence-electron chi connectivity index (χ3n) is 5.32. The number of aryl methyl sites for hydroxylation is 1. The normalized spacial score (nSPS) is 11.5. The van der Waals surface area contributed by atoms with Gasteiger partial charge in [-0.25, -0.2) is 8.42 Å². The summed E-state index contributed by atoms with van der Waals surface area (Å²) in [6.07, 6.45) is 3.76. The third kappa shape index (κ3) is 7.52. The number of halogens is 1. The van der Waals surface area contributed by atoms with Gasteiger partial charge in [-0.3, -0.25) is 4.79 Å². The summed E-state index contributed by atoms with van der Waals surface area (Å²) in [5.74, 6) is -0.370. The molecule has 0 atom stereocenters. The molecule has 0 unspecified atom stereocenters. The van der Waals surface area contributed by atoms with Crippen LogP contribution in [0, 0.1) is 0 Å². The number of anilines is 1. The first-order valence-corrected chi connectivity index (χ1v) is 13.3. The zero-order valence-corrected chi connectivity index (χ0v) is 21.1. The molecule has 3 aromatic carbocycles. The van der Waals surface area contributed by atoms with E-state index in [2.05, 4.69) is 28.2 Å². The maximum Gasteiger partial charge on any atom is 0.243 e. The summed E-state index contributed by atoms with van der Waals surface area (Å²) in [7, 11) is -3.84. The fraction of sp³-hybridized carbons (Fsp3) is 0.269. The van der Waals surface area contributed by atoms with Crippen molar-refractivity contribution in [2.75, 3.05) is 18.4 Å². The number of rotatable bonds is 11. The molecule has 3 rings (SSSR count). The quantitative estimate of drug-likeness (QED) is 0.349. The van der Waals surface area contributed by atoms with Gasteiger partial charge in [-0.05, 0) is 66.8 Å². The van der Waals surface area contributed by atoms with Crippen LogP contribution in [-0.2, 0) is 27.7 Å². The lowest BCUT2D eigenvalue weighted by molar-refractivity contribution is -0.116. The van der Waals surface area contributed by atoms with Gasteiger partial charge in [-0.1, -0.05) is 71.7 Å². The monoisotopic (exact) mass is 528 g/mol. The van der Waals surface area contributed by atoms with Crippen LogP contribution in [0.3, 0.4) is 0 Å². The molecule has 0 bridgehead atoms. The van der Waals surface area contributed by atoms with Gasteiger partial charge in [0, 0.05) is 16.7 Å². The Morgan fingerprint density at radius 1 is 0.879 bits per heavy atom.